The van der Waals surface area contributed by atoms with Crippen molar-refractivity contribution >= 4 is 18.5 Å². The van der Waals surface area contributed by atoms with E-state index in [1.54, 1.807) is 0 Å². The van der Waals surface area contributed by atoms with Gasteiger partial charge < -0.3 is 20.9 Å². The van der Waals surface area contributed by atoms with Gasteiger partial charge in [-0.15, -0.1) is 12.6 Å². The molecule has 4 N–H and O–H groups in total. The molecule has 252 valence electrons. The number of amides is 1. The minimum atomic E-state index is -0.803. The summed E-state index contributed by atoms with van der Waals surface area (Å²) in [5.74, 6) is -0.858. The van der Waals surface area contributed by atoms with Crippen molar-refractivity contribution in [1.82, 2.24) is 19.7 Å². The molecule has 2 aliphatic heterocycles. The van der Waals surface area contributed by atoms with Crippen LogP contribution in [0.15, 0.2) is 54.7 Å². The monoisotopic (exact) mass is 662 g/mol. The standard InChI is InChI=1S/C36H47FN6O3S/c1-23-18-42(19-24(2)43(23)29-11-9-28(38)10-12-29)20-26-8-13-30(25-6-4-3-5-7-25)32(21-41-14-15-45-33(47)22-41)34(26)46-36-31(35(39)44)16-27(37)17-40-36/h3-8,13,16-17,23-24,28-29,33,47H,9-12,14-15,18-22,38H2,1-2H3,(H2,39,44)/t23-,24-,28?,29?,33?/m0/s1. The first-order valence-electron chi connectivity index (χ1n) is 16.8. The van der Waals surface area contributed by atoms with Crippen LogP contribution in [0.5, 0.6) is 11.6 Å². The molecule has 1 aliphatic carbocycles. The van der Waals surface area contributed by atoms with E-state index in [1.165, 1.54) is 0 Å². The van der Waals surface area contributed by atoms with Gasteiger partial charge in [-0.1, -0.05) is 42.5 Å². The van der Waals surface area contributed by atoms with Gasteiger partial charge in [0.2, 0.25) is 5.88 Å². The van der Waals surface area contributed by atoms with Crippen molar-refractivity contribution in [2.45, 2.75) is 82.2 Å². The van der Waals surface area contributed by atoms with Crippen LogP contribution in [-0.2, 0) is 17.8 Å². The molecule has 3 fully saturated rings. The van der Waals surface area contributed by atoms with Gasteiger partial charge in [-0.05, 0) is 56.7 Å². The second-order valence-electron chi connectivity index (χ2n) is 13.4. The Morgan fingerprint density at radius 2 is 1.74 bits per heavy atom. The Labute approximate surface area is 282 Å². The average molecular weight is 663 g/mol. The van der Waals surface area contributed by atoms with Crippen LogP contribution in [-0.4, -0.2) is 88.0 Å². The third-order valence-corrected chi connectivity index (χ3v) is 10.2. The molecule has 1 unspecified atom stereocenters. The minimum absolute atomic E-state index is 0.0114. The van der Waals surface area contributed by atoms with Gasteiger partial charge >= 0.3 is 0 Å². The van der Waals surface area contributed by atoms with E-state index < -0.39 is 11.7 Å². The van der Waals surface area contributed by atoms with E-state index in [2.05, 4.69) is 70.4 Å². The van der Waals surface area contributed by atoms with E-state index in [9.17, 15) is 9.18 Å². The molecule has 1 amide bonds. The summed E-state index contributed by atoms with van der Waals surface area (Å²) in [5, 5.41) is 0. The number of ether oxygens (including phenoxy) is 2. The number of carbonyl (C=O) groups excluding carboxylic acids is 1. The Morgan fingerprint density at radius 3 is 2.43 bits per heavy atom. The number of hydrogen-bond donors (Lipinski definition) is 3. The predicted molar refractivity (Wildman–Crippen MR) is 185 cm³/mol. The number of carbonyl (C=O) groups is 1. The molecule has 0 radical (unpaired) electrons. The van der Waals surface area contributed by atoms with Gasteiger partial charge in [-0.25, -0.2) is 9.37 Å². The van der Waals surface area contributed by atoms with Gasteiger partial charge in [0.25, 0.3) is 5.91 Å². The maximum Gasteiger partial charge on any atom is 0.254 e. The molecule has 3 atom stereocenters. The van der Waals surface area contributed by atoms with Crippen molar-refractivity contribution in [3.05, 3.63) is 77.2 Å². The lowest BCUT2D eigenvalue weighted by atomic mass is 9.88. The minimum Gasteiger partial charge on any atom is -0.437 e. The lowest BCUT2D eigenvalue weighted by Gasteiger charge is -2.49. The van der Waals surface area contributed by atoms with Gasteiger partial charge in [-0.3, -0.25) is 19.5 Å². The first-order chi connectivity index (χ1) is 22.7. The second kappa shape index (κ2) is 15.0. The van der Waals surface area contributed by atoms with E-state index in [0.29, 0.717) is 56.2 Å². The zero-order valence-electron chi connectivity index (χ0n) is 27.4. The highest BCUT2D eigenvalue weighted by atomic mass is 32.1. The topological polar surface area (TPSA) is 110 Å². The lowest BCUT2D eigenvalue weighted by molar-refractivity contribution is -0.00942. The molecule has 0 bridgehead atoms. The molecular formula is C36H47FN6O3S. The maximum absolute atomic E-state index is 14.2. The molecule has 2 aromatic carbocycles. The molecule has 0 spiro atoms. The number of aromatic nitrogens is 1. The van der Waals surface area contributed by atoms with Crippen molar-refractivity contribution in [3.8, 4) is 22.8 Å². The average Bonchev–Trinajstić information content (AvgIpc) is 3.04. The third kappa shape index (κ3) is 7.98. The predicted octanol–water partition coefficient (Wildman–Crippen LogP) is 5.03. The second-order valence-corrected chi connectivity index (χ2v) is 14.0. The van der Waals surface area contributed by atoms with Crippen molar-refractivity contribution in [2.24, 2.45) is 11.5 Å². The van der Waals surface area contributed by atoms with Gasteiger partial charge in [0.15, 0.2) is 0 Å². The van der Waals surface area contributed by atoms with Crippen molar-refractivity contribution < 1.29 is 18.7 Å². The van der Waals surface area contributed by atoms with Crippen LogP contribution < -0.4 is 16.2 Å². The van der Waals surface area contributed by atoms with Gasteiger partial charge in [0, 0.05) is 74.6 Å². The first kappa shape index (κ1) is 33.8. The fourth-order valence-corrected chi connectivity index (χ4v) is 8.08. The number of pyridine rings is 1. The highest BCUT2D eigenvalue weighted by Gasteiger charge is 2.36. The number of primary amides is 1. The highest BCUT2D eigenvalue weighted by Crippen LogP contribution is 2.40. The smallest absolute Gasteiger partial charge is 0.254 e. The Bertz CT molecular complexity index is 1530. The number of rotatable bonds is 9. The van der Waals surface area contributed by atoms with Crippen LogP contribution in [0.2, 0.25) is 0 Å². The summed E-state index contributed by atoms with van der Waals surface area (Å²) in [6.45, 7) is 9.63. The molecular weight excluding hydrogens is 616 g/mol. The van der Waals surface area contributed by atoms with Crippen LogP contribution in [0.25, 0.3) is 11.1 Å². The Kier molecular flexibility index (Phi) is 10.8. The first-order valence-corrected chi connectivity index (χ1v) is 17.3. The van der Waals surface area contributed by atoms with Crippen LogP contribution >= 0.6 is 12.6 Å². The lowest BCUT2D eigenvalue weighted by Crippen LogP contribution is -2.60. The molecule has 2 saturated heterocycles. The van der Waals surface area contributed by atoms with Gasteiger partial charge in [-0.2, -0.15) is 0 Å². The van der Waals surface area contributed by atoms with Crippen molar-refractivity contribution in [2.75, 3.05) is 32.8 Å². The van der Waals surface area contributed by atoms with E-state index >= 15 is 0 Å². The summed E-state index contributed by atoms with van der Waals surface area (Å²) >= 11 is 4.60. The van der Waals surface area contributed by atoms with Gasteiger partial charge in [0.1, 0.15) is 22.6 Å². The van der Waals surface area contributed by atoms with E-state index in [0.717, 1.165) is 79.8 Å². The Morgan fingerprint density at radius 1 is 1.02 bits per heavy atom. The van der Waals surface area contributed by atoms with E-state index in [-0.39, 0.29) is 16.9 Å². The molecule has 11 heteroatoms. The molecule has 3 aromatic rings. The molecule has 3 heterocycles. The quantitative estimate of drug-likeness (QED) is 0.274. The number of morpholine rings is 1. The molecule has 3 aliphatic rings. The SMILES string of the molecule is C[C@H]1CN(Cc2ccc(-c3ccccc3)c(CN3CCOC(S)C3)c2Oc2ncc(F)cc2C(N)=O)C[C@H](C)N1C1CCC(N)CC1. The largest absolute Gasteiger partial charge is 0.437 e. The maximum atomic E-state index is 14.2. The van der Waals surface area contributed by atoms with E-state index in [4.69, 9.17) is 20.9 Å². The Hall–Kier alpha value is -3.06. The summed E-state index contributed by atoms with van der Waals surface area (Å²) in [7, 11) is 0. The van der Waals surface area contributed by atoms with E-state index in [1.807, 2.05) is 18.2 Å². The third-order valence-electron chi connectivity index (χ3n) is 9.84. The summed E-state index contributed by atoms with van der Waals surface area (Å²) < 4.78 is 26.6. The summed E-state index contributed by atoms with van der Waals surface area (Å²) in [5.41, 5.74) is 15.6. The fraction of sp³-hybridized carbons (Fsp3) is 0.500. The van der Waals surface area contributed by atoms with Gasteiger partial charge in [0.05, 0.1) is 12.8 Å². The number of benzene rings is 2. The summed E-state index contributed by atoms with van der Waals surface area (Å²) in [4.78, 5) is 24.1. The number of thiol groups is 1. The normalized spacial score (nSPS) is 26.3. The molecule has 1 aromatic heterocycles. The zero-order valence-corrected chi connectivity index (χ0v) is 28.2. The highest BCUT2D eigenvalue weighted by molar-refractivity contribution is 7.80. The van der Waals surface area contributed by atoms with Crippen LogP contribution in [0.1, 0.15) is 61.0 Å². The Balaban J connectivity index is 1.38. The van der Waals surface area contributed by atoms with Crippen molar-refractivity contribution in [1.29, 1.82) is 0 Å². The van der Waals surface area contributed by atoms with Crippen LogP contribution in [0.3, 0.4) is 0 Å². The number of halogens is 1. The molecule has 9 nitrogen and oxygen atoms in total. The molecule has 1 saturated carbocycles. The summed E-state index contributed by atoms with van der Waals surface area (Å²) in [6.07, 6.45) is 5.53. The molecule has 6 rings (SSSR count). The van der Waals surface area contributed by atoms with Crippen LogP contribution in [0.4, 0.5) is 4.39 Å². The van der Waals surface area contributed by atoms with Crippen molar-refractivity contribution in [3.63, 3.8) is 0 Å². The molecule has 47 heavy (non-hydrogen) atoms. The fourth-order valence-electron chi connectivity index (χ4n) is 7.74. The summed E-state index contributed by atoms with van der Waals surface area (Å²) in [6, 6.07) is 17.2. The number of nitrogens with two attached hydrogens (primary N) is 2. The number of piperazine rings is 1. The number of nitrogens with zero attached hydrogens (tertiary/aromatic N) is 4. The van der Waals surface area contributed by atoms with Crippen LogP contribution in [0, 0.1) is 5.82 Å². The zero-order chi connectivity index (χ0) is 33.1. The number of hydrogen-bond acceptors (Lipinski definition) is 9.